The van der Waals surface area contributed by atoms with Crippen LogP contribution in [0.1, 0.15) is 15.9 Å². The molecule has 2 aromatic carbocycles. The minimum absolute atomic E-state index is 0.225. The van der Waals surface area contributed by atoms with E-state index in [1.165, 1.54) is 6.07 Å². The number of benzene rings is 2. The molecule has 0 unspecified atom stereocenters. The van der Waals surface area contributed by atoms with E-state index in [-0.39, 0.29) is 5.56 Å². The zero-order chi connectivity index (χ0) is 14.3. The Bertz CT molecular complexity index is 824. The van der Waals surface area contributed by atoms with Gasteiger partial charge in [0.05, 0.1) is 21.6 Å². The number of nitrogens with one attached hydrogen (secondary N) is 1. The van der Waals surface area contributed by atoms with Gasteiger partial charge in [-0.2, -0.15) is 0 Å². The number of carboxylic acids is 1. The Balaban J connectivity index is 2.18. The van der Waals surface area contributed by atoms with E-state index >= 15 is 0 Å². The van der Waals surface area contributed by atoms with E-state index in [9.17, 15) is 4.79 Å². The van der Waals surface area contributed by atoms with Crippen LogP contribution in [0.2, 0.25) is 5.02 Å². The van der Waals surface area contributed by atoms with Gasteiger partial charge in [0, 0.05) is 5.56 Å². The van der Waals surface area contributed by atoms with E-state index < -0.39 is 5.97 Å². The number of aromatic carboxylic acids is 1. The monoisotopic (exact) mass is 286 g/mol. The number of rotatable bonds is 2. The molecule has 0 aliphatic carbocycles. The molecule has 2 N–H and O–H groups in total. The molecule has 3 rings (SSSR count). The lowest BCUT2D eigenvalue weighted by Gasteiger charge is -2.02. The Kier molecular flexibility index (Phi) is 2.95. The average Bonchev–Trinajstić information content (AvgIpc) is 2.84. The van der Waals surface area contributed by atoms with Gasteiger partial charge in [-0.25, -0.2) is 9.78 Å². The second-order valence-corrected chi connectivity index (χ2v) is 4.94. The predicted molar refractivity (Wildman–Crippen MR) is 78.2 cm³/mol. The smallest absolute Gasteiger partial charge is 0.335 e. The summed E-state index contributed by atoms with van der Waals surface area (Å²) in [6.07, 6.45) is 0. The minimum Gasteiger partial charge on any atom is -0.478 e. The van der Waals surface area contributed by atoms with Gasteiger partial charge in [-0.3, -0.25) is 0 Å². The summed E-state index contributed by atoms with van der Waals surface area (Å²) >= 11 is 6.28. The fourth-order valence-electron chi connectivity index (χ4n) is 2.10. The van der Waals surface area contributed by atoms with Crippen molar-refractivity contribution >= 4 is 28.6 Å². The van der Waals surface area contributed by atoms with E-state index in [0.717, 1.165) is 11.1 Å². The third-order valence-electron chi connectivity index (χ3n) is 3.18. The number of aryl methyl sites for hydroxylation is 1. The summed E-state index contributed by atoms with van der Waals surface area (Å²) in [4.78, 5) is 18.5. The first-order valence-electron chi connectivity index (χ1n) is 6.05. The molecule has 3 aromatic rings. The Hall–Kier alpha value is -2.33. The molecule has 0 aliphatic rings. The molecule has 4 nitrogen and oxygen atoms in total. The molecule has 1 heterocycles. The number of imidazole rings is 1. The molecule has 0 spiro atoms. The maximum Gasteiger partial charge on any atom is 0.335 e. The molecule has 0 radical (unpaired) electrons. The van der Waals surface area contributed by atoms with E-state index in [2.05, 4.69) is 9.97 Å². The summed E-state index contributed by atoms with van der Waals surface area (Å²) in [6, 6.07) is 10.5. The number of hydrogen-bond donors (Lipinski definition) is 2. The van der Waals surface area contributed by atoms with Crippen molar-refractivity contribution in [1.82, 2.24) is 9.97 Å². The number of H-pyrrole nitrogens is 1. The number of nitrogens with zero attached hydrogens (tertiary/aromatic N) is 1. The summed E-state index contributed by atoms with van der Waals surface area (Å²) in [7, 11) is 0. The van der Waals surface area contributed by atoms with Crippen LogP contribution in [-0.2, 0) is 0 Å². The highest BCUT2D eigenvalue weighted by atomic mass is 35.5. The van der Waals surface area contributed by atoms with Crippen LogP contribution in [0.3, 0.4) is 0 Å². The first-order valence-corrected chi connectivity index (χ1v) is 6.42. The van der Waals surface area contributed by atoms with Gasteiger partial charge in [-0.1, -0.05) is 23.7 Å². The van der Waals surface area contributed by atoms with Gasteiger partial charge < -0.3 is 10.1 Å². The number of carbonyl (C=O) groups is 1. The molecule has 5 heteroatoms. The fraction of sp³-hybridized carbons (Fsp3) is 0.0667. The lowest BCUT2D eigenvalue weighted by Crippen LogP contribution is -1.94. The summed E-state index contributed by atoms with van der Waals surface area (Å²) in [5.41, 5.74) is 3.39. The van der Waals surface area contributed by atoms with Crippen LogP contribution in [0.5, 0.6) is 0 Å². The van der Waals surface area contributed by atoms with Gasteiger partial charge in [0.2, 0.25) is 0 Å². The average molecular weight is 287 g/mol. The van der Waals surface area contributed by atoms with Crippen LogP contribution in [0.25, 0.3) is 22.4 Å². The Labute approximate surface area is 120 Å². The normalized spacial score (nSPS) is 10.9. The van der Waals surface area contributed by atoms with Crippen LogP contribution in [-0.4, -0.2) is 21.0 Å². The summed E-state index contributed by atoms with van der Waals surface area (Å²) in [6.45, 7) is 1.93. The Morgan fingerprint density at radius 2 is 2.10 bits per heavy atom. The van der Waals surface area contributed by atoms with Crippen molar-refractivity contribution in [3.05, 3.63) is 52.5 Å². The Morgan fingerprint density at radius 3 is 2.85 bits per heavy atom. The van der Waals surface area contributed by atoms with E-state index in [1.807, 2.05) is 25.1 Å². The van der Waals surface area contributed by atoms with E-state index in [4.69, 9.17) is 16.7 Å². The number of hydrogen-bond acceptors (Lipinski definition) is 2. The molecule has 0 saturated carbocycles. The molecular formula is C15H11ClN2O2. The van der Waals surface area contributed by atoms with Gasteiger partial charge in [0.15, 0.2) is 0 Å². The summed E-state index contributed by atoms with van der Waals surface area (Å²) in [5.74, 6) is -0.326. The summed E-state index contributed by atoms with van der Waals surface area (Å²) < 4.78 is 0. The van der Waals surface area contributed by atoms with Crippen molar-refractivity contribution in [3.63, 3.8) is 0 Å². The molecule has 1 aromatic heterocycles. The molecule has 0 fully saturated rings. The molecule has 0 aliphatic heterocycles. The third kappa shape index (κ3) is 2.04. The second kappa shape index (κ2) is 4.65. The number of halogens is 1. The minimum atomic E-state index is -0.961. The zero-order valence-electron chi connectivity index (χ0n) is 10.6. The number of aromatic amines is 1. The first-order chi connectivity index (χ1) is 9.56. The molecule has 100 valence electrons. The first kappa shape index (κ1) is 12.7. The number of fused-ring (bicyclic) bond motifs is 1. The SMILES string of the molecule is Cc1cccc(-c2nc3ccc(C(=O)O)cc3[nH]2)c1Cl. The molecule has 0 atom stereocenters. The fourth-order valence-corrected chi connectivity index (χ4v) is 2.32. The zero-order valence-corrected chi connectivity index (χ0v) is 11.4. The highest BCUT2D eigenvalue weighted by molar-refractivity contribution is 6.34. The van der Waals surface area contributed by atoms with Crippen LogP contribution in [0, 0.1) is 6.92 Å². The number of carboxylic acid groups (broad SMARTS) is 1. The van der Waals surface area contributed by atoms with Crippen LogP contribution in [0.15, 0.2) is 36.4 Å². The topological polar surface area (TPSA) is 66.0 Å². The number of aromatic nitrogens is 2. The van der Waals surface area contributed by atoms with Crippen LogP contribution < -0.4 is 0 Å². The highest BCUT2D eigenvalue weighted by Gasteiger charge is 2.11. The van der Waals surface area contributed by atoms with Gasteiger partial charge in [0.25, 0.3) is 0 Å². The van der Waals surface area contributed by atoms with Crippen molar-refractivity contribution < 1.29 is 9.90 Å². The van der Waals surface area contributed by atoms with E-state index in [1.54, 1.807) is 12.1 Å². The van der Waals surface area contributed by atoms with Gasteiger partial charge in [0.1, 0.15) is 5.82 Å². The molecule has 0 amide bonds. The van der Waals surface area contributed by atoms with Crippen molar-refractivity contribution in [2.24, 2.45) is 0 Å². The lowest BCUT2D eigenvalue weighted by molar-refractivity contribution is 0.0697. The van der Waals surface area contributed by atoms with E-state index in [0.29, 0.717) is 21.9 Å². The third-order valence-corrected chi connectivity index (χ3v) is 3.68. The molecule has 0 bridgehead atoms. The van der Waals surface area contributed by atoms with Crippen LogP contribution in [0.4, 0.5) is 0 Å². The largest absolute Gasteiger partial charge is 0.478 e. The maximum atomic E-state index is 11.0. The van der Waals surface area contributed by atoms with Crippen LogP contribution >= 0.6 is 11.6 Å². The van der Waals surface area contributed by atoms with Gasteiger partial charge in [-0.15, -0.1) is 0 Å². The quantitative estimate of drug-likeness (QED) is 0.751. The second-order valence-electron chi connectivity index (χ2n) is 4.56. The highest BCUT2D eigenvalue weighted by Crippen LogP contribution is 2.30. The molecular weight excluding hydrogens is 276 g/mol. The predicted octanol–water partition coefficient (Wildman–Crippen LogP) is 3.89. The standard InChI is InChI=1S/C15H11ClN2O2/c1-8-3-2-4-10(13(8)16)14-17-11-6-5-9(15(19)20)7-12(11)18-14/h2-7H,1H3,(H,17,18)(H,19,20). The lowest BCUT2D eigenvalue weighted by atomic mass is 10.1. The van der Waals surface area contributed by atoms with Crippen molar-refractivity contribution in [2.75, 3.05) is 0 Å². The van der Waals surface area contributed by atoms with Crippen molar-refractivity contribution in [3.8, 4) is 11.4 Å². The molecule has 0 saturated heterocycles. The van der Waals surface area contributed by atoms with Crippen molar-refractivity contribution in [1.29, 1.82) is 0 Å². The molecule has 20 heavy (non-hydrogen) atoms. The summed E-state index contributed by atoms with van der Waals surface area (Å²) in [5, 5.41) is 9.64. The van der Waals surface area contributed by atoms with Gasteiger partial charge >= 0.3 is 5.97 Å². The Morgan fingerprint density at radius 1 is 1.30 bits per heavy atom. The van der Waals surface area contributed by atoms with Crippen molar-refractivity contribution in [2.45, 2.75) is 6.92 Å². The van der Waals surface area contributed by atoms with Gasteiger partial charge in [-0.05, 0) is 36.8 Å². The maximum absolute atomic E-state index is 11.0.